The first-order valence-corrected chi connectivity index (χ1v) is 7.80. The first-order valence-electron chi connectivity index (χ1n) is 7.03. The largest absolute Gasteiger partial charge is 0.458 e. The van der Waals surface area contributed by atoms with Crippen LogP contribution in [-0.4, -0.2) is 21.7 Å². The number of benzene rings is 1. The fraction of sp³-hybridized carbons (Fsp3) is 0.400. The van der Waals surface area contributed by atoms with E-state index in [4.69, 9.17) is 4.74 Å². The van der Waals surface area contributed by atoms with Crippen molar-refractivity contribution in [1.29, 1.82) is 0 Å². The maximum Gasteiger partial charge on any atom is 0.352 e. The predicted octanol–water partition coefficient (Wildman–Crippen LogP) is 3.83. The van der Waals surface area contributed by atoms with Gasteiger partial charge in [-0.15, -0.1) is 5.10 Å². The van der Waals surface area contributed by atoms with E-state index in [0.717, 1.165) is 37.2 Å². The van der Waals surface area contributed by atoms with Crippen LogP contribution in [0.2, 0.25) is 0 Å². The molecule has 1 aliphatic rings. The molecule has 3 rings (SSSR count). The fourth-order valence-electron chi connectivity index (χ4n) is 2.51. The topological polar surface area (TPSA) is 52.1 Å². The maximum absolute atomic E-state index is 13.0. The number of hydrogen-bond acceptors (Lipinski definition) is 5. The zero-order valence-electron chi connectivity index (χ0n) is 11.4. The Morgan fingerprint density at radius 3 is 2.62 bits per heavy atom. The van der Waals surface area contributed by atoms with Crippen molar-refractivity contribution in [1.82, 2.24) is 9.59 Å². The Hall–Kier alpha value is -1.82. The lowest BCUT2D eigenvalue weighted by Gasteiger charge is -2.21. The Kier molecular flexibility index (Phi) is 4.24. The van der Waals surface area contributed by atoms with Gasteiger partial charge in [0.2, 0.25) is 0 Å². The summed E-state index contributed by atoms with van der Waals surface area (Å²) in [5.41, 5.74) is 1.13. The lowest BCUT2D eigenvalue weighted by molar-refractivity contribution is 0.0217. The first-order chi connectivity index (χ1) is 10.2. The van der Waals surface area contributed by atoms with Crippen LogP contribution in [0.1, 0.15) is 41.8 Å². The number of carbonyl (C=O) groups is 1. The molecule has 1 aliphatic carbocycles. The third kappa shape index (κ3) is 3.26. The van der Waals surface area contributed by atoms with Crippen LogP contribution in [0.3, 0.4) is 0 Å². The van der Waals surface area contributed by atoms with Crippen LogP contribution in [-0.2, 0) is 4.74 Å². The molecule has 21 heavy (non-hydrogen) atoms. The molecule has 0 N–H and O–H groups in total. The van der Waals surface area contributed by atoms with Gasteiger partial charge in [0, 0.05) is 5.56 Å². The molecule has 2 aromatic rings. The van der Waals surface area contributed by atoms with Gasteiger partial charge in [-0.05, 0) is 61.5 Å². The molecule has 0 bridgehead atoms. The summed E-state index contributed by atoms with van der Waals surface area (Å²) in [5, 5.41) is 3.98. The van der Waals surface area contributed by atoms with Crippen LogP contribution in [0, 0.1) is 5.82 Å². The van der Waals surface area contributed by atoms with Crippen molar-refractivity contribution in [3.05, 3.63) is 35.0 Å². The number of carbonyl (C=O) groups excluding carboxylic acids is 1. The highest BCUT2D eigenvalue weighted by Gasteiger charge is 2.23. The van der Waals surface area contributed by atoms with Gasteiger partial charge in [0.25, 0.3) is 0 Å². The highest BCUT2D eigenvalue weighted by atomic mass is 32.1. The molecule has 1 aromatic heterocycles. The van der Waals surface area contributed by atoms with E-state index < -0.39 is 0 Å². The number of esters is 1. The summed E-state index contributed by atoms with van der Waals surface area (Å²) in [4.78, 5) is 12.7. The van der Waals surface area contributed by atoms with Gasteiger partial charge in [0.1, 0.15) is 17.6 Å². The van der Waals surface area contributed by atoms with Crippen LogP contribution >= 0.6 is 11.5 Å². The smallest absolute Gasteiger partial charge is 0.352 e. The van der Waals surface area contributed by atoms with Gasteiger partial charge in [-0.2, -0.15) is 0 Å². The molecule has 0 spiro atoms. The average molecular weight is 306 g/mol. The minimum Gasteiger partial charge on any atom is -0.458 e. The van der Waals surface area contributed by atoms with Crippen molar-refractivity contribution in [2.75, 3.05) is 0 Å². The second-order valence-electron chi connectivity index (χ2n) is 5.12. The molecule has 1 fully saturated rings. The minimum atomic E-state index is -0.378. The fourth-order valence-corrected chi connectivity index (χ4v) is 3.08. The van der Waals surface area contributed by atoms with Crippen LogP contribution in [0.25, 0.3) is 11.3 Å². The summed E-state index contributed by atoms with van der Waals surface area (Å²) < 4.78 is 22.3. The molecular weight excluding hydrogens is 291 g/mol. The summed E-state index contributed by atoms with van der Waals surface area (Å²) in [6.07, 6.45) is 5.24. The second-order valence-corrected chi connectivity index (χ2v) is 5.88. The molecule has 0 saturated heterocycles. The van der Waals surface area contributed by atoms with Gasteiger partial charge >= 0.3 is 5.97 Å². The lowest BCUT2D eigenvalue weighted by Crippen LogP contribution is -2.20. The van der Waals surface area contributed by atoms with E-state index in [-0.39, 0.29) is 17.9 Å². The molecule has 0 atom stereocenters. The molecular formula is C15H15FN2O2S. The molecule has 0 radical (unpaired) electrons. The van der Waals surface area contributed by atoms with Crippen LogP contribution in [0.5, 0.6) is 0 Å². The Labute approximate surface area is 126 Å². The number of halogens is 1. The van der Waals surface area contributed by atoms with Crippen molar-refractivity contribution >= 4 is 17.5 Å². The van der Waals surface area contributed by atoms with E-state index in [0.29, 0.717) is 16.1 Å². The van der Waals surface area contributed by atoms with E-state index in [1.807, 2.05) is 0 Å². The molecule has 1 aromatic carbocycles. The van der Waals surface area contributed by atoms with Crippen molar-refractivity contribution in [3.63, 3.8) is 0 Å². The highest BCUT2D eigenvalue weighted by molar-refractivity contribution is 7.08. The van der Waals surface area contributed by atoms with Crippen molar-refractivity contribution in [2.24, 2.45) is 0 Å². The zero-order valence-corrected chi connectivity index (χ0v) is 12.2. The second kappa shape index (κ2) is 6.30. The summed E-state index contributed by atoms with van der Waals surface area (Å²) >= 11 is 1.02. The van der Waals surface area contributed by atoms with Gasteiger partial charge < -0.3 is 4.74 Å². The quantitative estimate of drug-likeness (QED) is 0.809. The normalized spacial score (nSPS) is 15.9. The summed E-state index contributed by atoms with van der Waals surface area (Å²) in [6.45, 7) is 0. The van der Waals surface area contributed by atoms with E-state index in [2.05, 4.69) is 9.59 Å². The lowest BCUT2D eigenvalue weighted by atomic mass is 9.98. The number of nitrogens with zero attached hydrogens (tertiary/aromatic N) is 2. The molecule has 4 nitrogen and oxygen atoms in total. The van der Waals surface area contributed by atoms with Crippen LogP contribution in [0.15, 0.2) is 24.3 Å². The van der Waals surface area contributed by atoms with E-state index >= 15 is 0 Å². The van der Waals surface area contributed by atoms with Crippen molar-refractivity contribution < 1.29 is 13.9 Å². The molecule has 1 heterocycles. The predicted molar refractivity (Wildman–Crippen MR) is 77.6 cm³/mol. The summed E-state index contributed by atoms with van der Waals surface area (Å²) in [7, 11) is 0. The minimum absolute atomic E-state index is 0.00517. The van der Waals surface area contributed by atoms with Gasteiger partial charge in [-0.1, -0.05) is 10.9 Å². The first kappa shape index (κ1) is 14.1. The maximum atomic E-state index is 13.0. The molecule has 6 heteroatoms. The standard InChI is InChI=1S/C15H15FN2O2S/c16-11-8-6-10(7-9-11)13-14(21-18-17-13)15(19)20-12-4-2-1-3-5-12/h6-9,12H,1-5H2. The van der Waals surface area contributed by atoms with Gasteiger partial charge in [0.05, 0.1) is 0 Å². The number of aromatic nitrogens is 2. The summed E-state index contributed by atoms with van der Waals surface area (Å²) in [5.74, 6) is -0.704. The van der Waals surface area contributed by atoms with Gasteiger partial charge in [-0.25, -0.2) is 9.18 Å². The molecule has 0 amide bonds. The third-order valence-electron chi connectivity index (χ3n) is 3.62. The number of rotatable bonds is 3. The monoisotopic (exact) mass is 306 g/mol. The number of hydrogen-bond donors (Lipinski definition) is 0. The SMILES string of the molecule is O=C(OC1CCCCC1)c1snnc1-c1ccc(F)cc1. The van der Waals surface area contributed by atoms with Crippen molar-refractivity contribution in [3.8, 4) is 11.3 Å². The molecule has 1 saturated carbocycles. The molecule has 110 valence electrons. The average Bonchev–Trinajstić information content (AvgIpc) is 2.98. The Bertz CT molecular complexity index is 621. The third-order valence-corrected chi connectivity index (χ3v) is 4.32. The Balaban J connectivity index is 1.78. The number of ether oxygens (including phenoxy) is 1. The molecule has 0 aliphatic heterocycles. The van der Waals surface area contributed by atoms with Crippen LogP contribution < -0.4 is 0 Å². The Morgan fingerprint density at radius 2 is 1.90 bits per heavy atom. The van der Waals surface area contributed by atoms with E-state index in [1.54, 1.807) is 12.1 Å². The van der Waals surface area contributed by atoms with E-state index in [1.165, 1.54) is 18.6 Å². The van der Waals surface area contributed by atoms with Crippen LogP contribution in [0.4, 0.5) is 4.39 Å². The van der Waals surface area contributed by atoms with E-state index in [9.17, 15) is 9.18 Å². The Morgan fingerprint density at radius 1 is 1.19 bits per heavy atom. The zero-order chi connectivity index (χ0) is 14.7. The van der Waals surface area contributed by atoms with Gasteiger partial charge in [-0.3, -0.25) is 0 Å². The summed E-state index contributed by atoms with van der Waals surface area (Å²) in [6, 6.07) is 5.85. The molecule has 0 unspecified atom stereocenters. The van der Waals surface area contributed by atoms with Gasteiger partial charge in [0.15, 0.2) is 4.88 Å². The van der Waals surface area contributed by atoms with Crippen molar-refractivity contribution in [2.45, 2.75) is 38.2 Å². The highest BCUT2D eigenvalue weighted by Crippen LogP contribution is 2.27.